The van der Waals surface area contributed by atoms with Gasteiger partial charge in [0.25, 0.3) is 0 Å². The Hall–Kier alpha value is -1.64. The molecule has 3 rings (SSSR count). The molecular formula is C14H8Cl2N2. The minimum atomic E-state index is 0.659. The number of hydrogen-bond acceptors (Lipinski definition) is 2. The van der Waals surface area contributed by atoms with Crippen molar-refractivity contribution in [3.63, 3.8) is 0 Å². The van der Waals surface area contributed by atoms with E-state index >= 15 is 0 Å². The van der Waals surface area contributed by atoms with Crippen molar-refractivity contribution in [2.75, 3.05) is 0 Å². The Morgan fingerprint density at radius 2 is 1.56 bits per heavy atom. The highest BCUT2D eigenvalue weighted by Crippen LogP contribution is 2.29. The molecule has 0 aliphatic carbocycles. The fraction of sp³-hybridized carbons (Fsp3) is 0. The maximum atomic E-state index is 6.04. The van der Waals surface area contributed by atoms with Gasteiger partial charge in [0, 0.05) is 33.4 Å². The summed E-state index contributed by atoms with van der Waals surface area (Å²) in [5.74, 6) is 0. The van der Waals surface area contributed by atoms with Crippen molar-refractivity contribution in [1.29, 1.82) is 0 Å². The molecule has 2 aromatic heterocycles. The van der Waals surface area contributed by atoms with Crippen LogP contribution in [0.5, 0.6) is 0 Å². The summed E-state index contributed by atoms with van der Waals surface area (Å²) in [5.41, 5.74) is 2.68. The third kappa shape index (κ3) is 2.05. The molecule has 4 heteroatoms. The summed E-state index contributed by atoms with van der Waals surface area (Å²) in [6.45, 7) is 0. The van der Waals surface area contributed by atoms with Gasteiger partial charge in [-0.15, -0.1) is 0 Å². The molecule has 0 bridgehead atoms. The van der Waals surface area contributed by atoms with E-state index in [1.165, 1.54) is 0 Å². The Bertz CT molecular complexity index is 726. The molecule has 0 saturated carbocycles. The lowest BCUT2D eigenvalue weighted by Crippen LogP contribution is -1.87. The van der Waals surface area contributed by atoms with E-state index in [4.69, 9.17) is 23.2 Å². The van der Waals surface area contributed by atoms with Crippen LogP contribution in [0.2, 0.25) is 10.0 Å². The molecule has 0 aliphatic heterocycles. The van der Waals surface area contributed by atoms with Crippen molar-refractivity contribution in [2.45, 2.75) is 0 Å². The monoisotopic (exact) mass is 274 g/mol. The minimum absolute atomic E-state index is 0.659. The van der Waals surface area contributed by atoms with Crippen LogP contribution in [0, 0.1) is 0 Å². The molecule has 3 aromatic rings. The summed E-state index contributed by atoms with van der Waals surface area (Å²) in [6, 6.07) is 11.1. The zero-order valence-corrected chi connectivity index (χ0v) is 10.8. The van der Waals surface area contributed by atoms with E-state index in [2.05, 4.69) is 9.97 Å². The van der Waals surface area contributed by atoms with Crippen LogP contribution in [0.4, 0.5) is 0 Å². The third-order valence-corrected chi connectivity index (χ3v) is 3.17. The normalized spacial score (nSPS) is 10.8. The summed E-state index contributed by atoms with van der Waals surface area (Å²) in [6.07, 6.45) is 3.45. The smallest absolute Gasteiger partial charge is 0.0724 e. The first-order valence-electron chi connectivity index (χ1n) is 5.40. The van der Waals surface area contributed by atoms with Gasteiger partial charge in [-0.2, -0.15) is 0 Å². The molecule has 0 atom stereocenters. The van der Waals surface area contributed by atoms with E-state index < -0.39 is 0 Å². The standard InChI is InChI=1S/C14H8Cl2N2/c15-9-1-2-13-12(7-9)11(4-6-17-13)14-8-10(16)3-5-18-14/h1-8H. The molecule has 0 unspecified atom stereocenters. The Kier molecular flexibility index (Phi) is 2.90. The molecule has 0 fully saturated rings. The Labute approximate surface area is 114 Å². The van der Waals surface area contributed by atoms with Crippen LogP contribution >= 0.6 is 23.2 Å². The highest BCUT2D eigenvalue weighted by atomic mass is 35.5. The molecule has 0 spiro atoms. The molecule has 2 nitrogen and oxygen atoms in total. The molecule has 0 amide bonds. The molecule has 88 valence electrons. The number of hydrogen-bond donors (Lipinski definition) is 0. The van der Waals surface area contributed by atoms with Gasteiger partial charge in [-0.3, -0.25) is 9.97 Å². The van der Waals surface area contributed by atoms with Crippen LogP contribution < -0.4 is 0 Å². The summed E-state index contributed by atoms with van der Waals surface area (Å²) < 4.78 is 0. The fourth-order valence-corrected chi connectivity index (χ4v) is 2.23. The number of halogens is 2. The van der Waals surface area contributed by atoms with Crippen molar-refractivity contribution < 1.29 is 0 Å². The van der Waals surface area contributed by atoms with Gasteiger partial charge in [0.15, 0.2) is 0 Å². The van der Waals surface area contributed by atoms with Gasteiger partial charge in [0.05, 0.1) is 11.2 Å². The maximum absolute atomic E-state index is 6.04. The highest BCUT2D eigenvalue weighted by Gasteiger charge is 2.06. The van der Waals surface area contributed by atoms with Gasteiger partial charge in [-0.25, -0.2) is 0 Å². The molecule has 0 saturated heterocycles. The van der Waals surface area contributed by atoms with E-state index in [9.17, 15) is 0 Å². The van der Waals surface area contributed by atoms with Crippen molar-refractivity contribution in [2.24, 2.45) is 0 Å². The number of pyridine rings is 2. The first kappa shape index (κ1) is 11.5. The first-order valence-corrected chi connectivity index (χ1v) is 6.16. The van der Waals surface area contributed by atoms with Crippen LogP contribution in [0.1, 0.15) is 0 Å². The number of aromatic nitrogens is 2. The summed E-state index contributed by atoms with van der Waals surface area (Å²) in [7, 11) is 0. The van der Waals surface area contributed by atoms with Gasteiger partial charge in [0.2, 0.25) is 0 Å². The fourth-order valence-electron chi connectivity index (χ4n) is 1.89. The zero-order valence-electron chi connectivity index (χ0n) is 9.27. The van der Waals surface area contributed by atoms with Crippen molar-refractivity contribution in [3.8, 4) is 11.3 Å². The number of fused-ring (bicyclic) bond motifs is 1. The van der Waals surface area contributed by atoms with E-state index in [0.717, 1.165) is 22.2 Å². The SMILES string of the molecule is Clc1ccnc(-c2ccnc3ccc(Cl)cc23)c1. The number of nitrogens with zero attached hydrogens (tertiary/aromatic N) is 2. The lowest BCUT2D eigenvalue weighted by molar-refractivity contribution is 1.32. The minimum Gasteiger partial charge on any atom is -0.256 e. The Morgan fingerprint density at radius 1 is 0.778 bits per heavy atom. The molecule has 2 heterocycles. The predicted octanol–water partition coefficient (Wildman–Crippen LogP) is 4.60. The van der Waals surface area contributed by atoms with E-state index in [1.54, 1.807) is 18.5 Å². The molecular weight excluding hydrogens is 267 g/mol. The van der Waals surface area contributed by atoms with Crippen LogP contribution in [-0.2, 0) is 0 Å². The summed E-state index contributed by atoms with van der Waals surface area (Å²) in [4.78, 5) is 8.65. The van der Waals surface area contributed by atoms with E-state index in [1.807, 2.05) is 30.3 Å². The second kappa shape index (κ2) is 4.56. The third-order valence-electron chi connectivity index (χ3n) is 2.70. The first-order chi connectivity index (χ1) is 8.74. The number of rotatable bonds is 1. The molecule has 0 aliphatic rings. The van der Waals surface area contributed by atoms with Crippen LogP contribution in [0.3, 0.4) is 0 Å². The van der Waals surface area contributed by atoms with E-state index in [0.29, 0.717) is 10.0 Å². The van der Waals surface area contributed by atoms with Gasteiger partial charge >= 0.3 is 0 Å². The lowest BCUT2D eigenvalue weighted by atomic mass is 10.1. The van der Waals surface area contributed by atoms with Crippen LogP contribution in [0.15, 0.2) is 48.8 Å². The Balaban J connectivity index is 2.32. The second-order valence-electron chi connectivity index (χ2n) is 3.88. The molecule has 0 N–H and O–H groups in total. The van der Waals surface area contributed by atoms with Crippen molar-refractivity contribution >= 4 is 34.1 Å². The highest BCUT2D eigenvalue weighted by molar-refractivity contribution is 6.31. The van der Waals surface area contributed by atoms with Gasteiger partial charge < -0.3 is 0 Å². The van der Waals surface area contributed by atoms with Gasteiger partial charge in [0.1, 0.15) is 0 Å². The lowest BCUT2D eigenvalue weighted by Gasteiger charge is -2.06. The molecule has 18 heavy (non-hydrogen) atoms. The number of benzene rings is 1. The zero-order chi connectivity index (χ0) is 12.5. The Morgan fingerprint density at radius 3 is 2.39 bits per heavy atom. The molecule has 1 aromatic carbocycles. The van der Waals surface area contributed by atoms with Crippen molar-refractivity contribution in [1.82, 2.24) is 9.97 Å². The average Bonchev–Trinajstić information content (AvgIpc) is 2.38. The quantitative estimate of drug-likeness (QED) is 0.648. The van der Waals surface area contributed by atoms with Crippen LogP contribution in [0.25, 0.3) is 22.2 Å². The maximum Gasteiger partial charge on any atom is 0.0724 e. The summed E-state index contributed by atoms with van der Waals surface area (Å²) in [5, 5.41) is 2.31. The van der Waals surface area contributed by atoms with Crippen molar-refractivity contribution in [3.05, 3.63) is 58.8 Å². The second-order valence-corrected chi connectivity index (χ2v) is 4.75. The largest absolute Gasteiger partial charge is 0.256 e. The topological polar surface area (TPSA) is 25.8 Å². The van der Waals surface area contributed by atoms with Gasteiger partial charge in [-0.05, 0) is 36.4 Å². The summed E-state index contributed by atoms with van der Waals surface area (Å²) >= 11 is 12.0. The van der Waals surface area contributed by atoms with E-state index in [-0.39, 0.29) is 0 Å². The average molecular weight is 275 g/mol. The van der Waals surface area contributed by atoms with Crippen LogP contribution in [-0.4, -0.2) is 9.97 Å². The van der Waals surface area contributed by atoms with Gasteiger partial charge in [-0.1, -0.05) is 23.2 Å². The molecule has 0 radical (unpaired) electrons. The predicted molar refractivity (Wildman–Crippen MR) is 75.0 cm³/mol.